The molecule has 0 spiro atoms. The molecule has 0 bridgehead atoms. The van der Waals surface area contributed by atoms with Crippen molar-refractivity contribution < 1.29 is 19.0 Å². The first kappa shape index (κ1) is 18.7. The van der Waals surface area contributed by atoms with E-state index in [1.54, 1.807) is 12.1 Å². The van der Waals surface area contributed by atoms with Gasteiger partial charge in [-0.3, -0.25) is 0 Å². The van der Waals surface area contributed by atoms with E-state index in [9.17, 15) is 14.3 Å². The summed E-state index contributed by atoms with van der Waals surface area (Å²) in [5, 5.41) is 16.1. The number of amides is 2. The maximum atomic E-state index is 13.0. The van der Waals surface area contributed by atoms with Crippen LogP contribution in [-0.4, -0.2) is 42.5 Å². The molecule has 1 fully saturated rings. The number of nitrogens with one attached hydrogen (secondary N) is 2. The monoisotopic (exact) mass is 338 g/mol. The Bertz CT molecular complexity index is 528. The van der Waals surface area contributed by atoms with E-state index in [-0.39, 0.29) is 30.4 Å². The van der Waals surface area contributed by atoms with Gasteiger partial charge in [-0.25, -0.2) is 9.18 Å². The van der Waals surface area contributed by atoms with Crippen LogP contribution in [0, 0.1) is 11.7 Å². The van der Waals surface area contributed by atoms with Gasteiger partial charge in [-0.2, -0.15) is 0 Å². The van der Waals surface area contributed by atoms with E-state index < -0.39 is 5.60 Å². The summed E-state index contributed by atoms with van der Waals surface area (Å²) in [5.74, 6) is -0.0396. The van der Waals surface area contributed by atoms with Crippen LogP contribution in [0.4, 0.5) is 9.18 Å². The molecule has 0 saturated carbocycles. The third kappa shape index (κ3) is 5.76. The molecule has 134 valence electrons. The van der Waals surface area contributed by atoms with E-state index in [1.807, 2.05) is 13.8 Å². The van der Waals surface area contributed by atoms with Crippen molar-refractivity contribution in [2.75, 3.05) is 19.8 Å². The van der Waals surface area contributed by atoms with E-state index in [1.165, 1.54) is 12.1 Å². The van der Waals surface area contributed by atoms with E-state index in [2.05, 4.69) is 10.6 Å². The van der Waals surface area contributed by atoms with E-state index >= 15 is 0 Å². The SMILES string of the molecule is CC(C)[C@@H](Cc1ccc(F)cc1)NC(=O)NCC1(O)CCOCC1. The molecule has 1 aliphatic rings. The lowest BCUT2D eigenvalue weighted by Gasteiger charge is -2.32. The topological polar surface area (TPSA) is 70.6 Å². The van der Waals surface area contributed by atoms with Crippen LogP contribution in [0.15, 0.2) is 24.3 Å². The fourth-order valence-electron chi connectivity index (χ4n) is 2.72. The summed E-state index contributed by atoms with van der Waals surface area (Å²) < 4.78 is 18.2. The Hall–Kier alpha value is -1.66. The van der Waals surface area contributed by atoms with Crippen molar-refractivity contribution >= 4 is 6.03 Å². The van der Waals surface area contributed by atoms with Crippen molar-refractivity contribution in [2.45, 2.75) is 44.8 Å². The van der Waals surface area contributed by atoms with Crippen LogP contribution in [0.1, 0.15) is 32.3 Å². The second-order valence-corrected chi connectivity index (χ2v) is 6.84. The van der Waals surface area contributed by atoms with Crippen molar-refractivity contribution in [1.82, 2.24) is 10.6 Å². The highest BCUT2D eigenvalue weighted by Crippen LogP contribution is 2.19. The summed E-state index contributed by atoms with van der Waals surface area (Å²) in [6, 6.07) is 5.95. The molecule has 3 N–H and O–H groups in total. The number of hydrogen-bond acceptors (Lipinski definition) is 3. The van der Waals surface area contributed by atoms with Gasteiger partial charge in [0.2, 0.25) is 0 Å². The Morgan fingerprint density at radius 1 is 1.29 bits per heavy atom. The molecule has 6 heteroatoms. The first-order chi connectivity index (χ1) is 11.4. The van der Waals surface area contributed by atoms with Crippen LogP contribution in [0.5, 0.6) is 0 Å². The fraction of sp³-hybridized carbons (Fsp3) is 0.611. The minimum atomic E-state index is -0.889. The molecule has 1 aromatic rings. The molecule has 1 heterocycles. The summed E-state index contributed by atoms with van der Waals surface area (Å²) in [7, 11) is 0. The van der Waals surface area contributed by atoms with Gasteiger partial charge in [0.1, 0.15) is 5.82 Å². The van der Waals surface area contributed by atoms with Crippen molar-refractivity contribution in [3.8, 4) is 0 Å². The Morgan fingerprint density at radius 3 is 2.50 bits per heavy atom. The molecule has 24 heavy (non-hydrogen) atoms. The molecule has 0 aliphatic carbocycles. The Labute approximate surface area is 142 Å². The minimum Gasteiger partial charge on any atom is -0.388 e. The Balaban J connectivity index is 1.85. The van der Waals surface area contributed by atoms with Crippen LogP contribution in [0.25, 0.3) is 0 Å². The first-order valence-corrected chi connectivity index (χ1v) is 8.47. The molecular weight excluding hydrogens is 311 g/mol. The quantitative estimate of drug-likeness (QED) is 0.745. The predicted octanol–water partition coefficient (Wildman–Crippen LogP) is 2.23. The van der Waals surface area contributed by atoms with Crippen LogP contribution in [0.2, 0.25) is 0 Å². The van der Waals surface area contributed by atoms with Gasteiger partial charge < -0.3 is 20.5 Å². The maximum absolute atomic E-state index is 13.0. The molecule has 0 unspecified atom stereocenters. The standard InChI is InChI=1S/C18H27FN2O3/c1-13(2)16(11-14-3-5-15(19)6-4-14)21-17(22)20-12-18(23)7-9-24-10-8-18/h3-6,13,16,23H,7-12H2,1-2H3,(H2,20,21,22)/t16-/m1/s1. The molecule has 1 saturated heterocycles. The van der Waals surface area contributed by atoms with Crippen molar-refractivity contribution in [1.29, 1.82) is 0 Å². The Morgan fingerprint density at radius 2 is 1.92 bits per heavy atom. The van der Waals surface area contributed by atoms with Crippen LogP contribution in [-0.2, 0) is 11.2 Å². The van der Waals surface area contributed by atoms with Crippen LogP contribution in [0.3, 0.4) is 0 Å². The van der Waals surface area contributed by atoms with Gasteiger partial charge in [-0.05, 0) is 30.0 Å². The number of urea groups is 1. The largest absolute Gasteiger partial charge is 0.388 e. The third-order valence-electron chi connectivity index (χ3n) is 4.49. The number of rotatable bonds is 6. The third-order valence-corrected chi connectivity index (χ3v) is 4.49. The summed E-state index contributed by atoms with van der Waals surface area (Å²) in [5.41, 5.74) is 0.0818. The van der Waals surface area contributed by atoms with Crippen molar-refractivity contribution in [3.63, 3.8) is 0 Å². The van der Waals surface area contributed by atoms with Gasteiger partial charge in [0, 0.05) is 38.6 Å². The molecule has 5 nitrogen and oxygen atoms in total. The molecule has 1 atom stereocenters. The summed E-state index contributed by atoms with van der Waals surface area (Å²) in [4.78, 5) is 12.2. The average molecular weight is 338 g/mol. The number of carbonyl (C=O) groups is 1. The number of halogens is 1. The highest BCUT2D eigenvalue weighted by molar-refractivity contribution is 5.74. The van der Waals surface area contributed by atoms with Gasteiger partial charge in [0.05, 0.1) is 5.60 Å². The maximum Gasteiger partial charge on any atom is 0.315 e. The zero-order chi connectivity index (χ0) is 17.6. The van der Waals surface area contributed by atoms with Gasteiger partial charge in [-0.15, -0.1) is 0 Å². The zero-order valence-electron chi connectivity index (χ0n) is 14.3. The number of hydrogen-bond donors (Lipinski definition) is 3. The second-order valence-electron chi connectivity index (χ2n) is 6.84. The van der Waals surface area contributed by atoms with E-state index in [0.717, 1.165) is 5.56 Å². The second kappa shape index (κ2) is 8.44. The summed E-state index contributed by atoms with van der Waals surface area (Å²) >= 11 is 0. The Kier molecular flexibility index (Phi) is 6.57. The number of aliphatic hydroxyl groups is 1. The molecule has 1 aromatic carbocycles. The van der Waals surface area contributed by atoms with Crippen LogP contribution < -0.4 is 10.6 Å². The summed E-state index contributed by atoms with van der Waals surface area (Å²) in [6.45, 7) is 5.29. The molecule has 0 aromatic heterocycles. The van der Waals surface area contributed by atoms with Crippen molar-refractivity contribution in [3.05, 3.63) is 35.6 Å². The molecule has 2 rings (SSSR count). The average Bonchev–Trinajstić information content (AvgIpc) is 2.55. The number of carbonyl (C=O) groups excluding carboxylic acids is 1. The number of ether oxygens (including phenoxy) is 1. The molecule has 1 aliphatic heterocycles. The van der Waals surface area contributed by atoms with E-state index in [0.29, 0.717) is 32.5 Å². The molecule has 2 amide bonds. The highest BCUT2D eigenvalue weighted by Gasteiger charge is 2.30. The normalized spacial score (nSPS) is 18.2. The lowest BCUT2D eigenvalue weighted by molar-refractivity contribution is -0.0600. The minimum absolute atomic E-state index is 0.0696. The smallest absolute Gasteiger partial charge is 0.315 e. The molecule has 0 radical (unpaired) electrons. The number of benzene rings is 1. The van der Waals surface area contributed by atoms with Gasteiger partial charge in [0.15, 0.2) is 0 Å². The van der Waals surface area contributed by atoms with Crippen molar-refractivity contribution in [2.24, 2.45) is 5.92 Å². The van der Waals surface area contributed by atoms with E-state index in [4.69, 9.17) is 4.74 Å². The van der Waals surface area contributed by atoms with Crippen LogP contribution >= 0.6 is 0 Å². The fourth-order valence-corrected chi connectivity index (χ4v) is 2.72. The molecular formula is C18H27FN2O3. The van der Waals surface area contributed by atoms with Gasteiger partial charge in [-0.1, -0.05) is 26.0 Å². The predicted molar refractivity (Wildman–Crippen MR) is 90.3 cm³/mol. The van der Waals surface area contributed by atoms with Gasteiger partial charge in [0.25, 0.3) is 0 Å². The lowest BCUT2D eigenvalue weighted by Crippen LogP contribution is -2.51. The summed E-state index contributed by atoms with van der Waals surface area (Å²) in [6.07, 6.45) is 1.68. The zero-order valence-corrected chi connectivity index (χ0v) is 14.3. The first-order valence-electron chi connectivity index (χ1n) is 8.47. The highest BCUT2D eigenvalue weighted by atomic mass is 19.1. The van der Waals surface area contributed by atoms with Gasteiger partial charge >= 0.3 is 6.03 Å². The lowest BCUT2D eigenvalue weighted by atomic mass is 9.94.